The summed E-state index contributed by atoms with van der Waals surface area (Å²) in [5, 5.41) is 32.7. The highest BCUT2D eigenvalue weighted by Gasteiger charge is 2.72. The lowest BCUT2D eigenvalue weighted by atomic mass is 10.2. The summed E-state index contributed by atoms with van der Waals surface area (Å²) in [5.74, 6) is 0. The third-order valence-corrected chi connectivity index (χ3v) is 17.9. The number of nitrogens with one attached hydrogen (secondary N) is 4. The first-order valence-corrected chi connectivity index (χ1v) is 21.1. The van der Waals surface area contributed by atoms with Crippen LogP contribution in [0.4, 0.5) is 0 Å². The Kier molecular flexibility index (Phi) is 21.1. The van der Waals surface area contributed by atoms with Gasteiger partial charge in [-0.2, -0.15) is 21.0 Å². The Bertz CT molecular complexity index is 1390. The van der Waals surface area contributed by atoms with E-state index in [1.807, 2.05) is 38.4 Å². The van der Waals surface area contributed by atoms with E-state index < -0.39 is 74.8 Å². The summed E-state index contributed by atoms with van der Waals surface area (Å²) in [6, 6.07) is 7.54. The lowest BCUT2D eigenvalue weighted by Gasteiger charge is -2.38. The fourth-order valence-electron chi connectivity index (χ4n) is 4.42. The van der Waals surface area contributed by atoms with Gasteiger partial charge in [0.25, 0.3) is 30.1 Å². The molecule has 0 saturated carbocycles. The molecule has 0 aromatic heterocycles. The van der Waals surface area contributed by atoms with Gasteiger partial charge in [-0.15, -0.1) is 0 Å². The molecule has 0 aliphatic carbocycles. The van der Waals surface area contributed by atoms with Gasteiger partial charge in [0.1, 0.15) is 5.25 Å². The maximum atomic E-state index is 14.3. The predicted octanol–water partition coefficient (Wildman–Crippen LogP) is 1.65. The highest BCUT2D eigenvalue weighted by molar-refractivity contribution is 8.25. The van der Waals surface area contributed by atoms with E-state index in [1.54, 1.807) is 6.92 Å². The van der Waals surface area contributed by atoms with Gasteiger partial charge in [0, 0.05) is 51.9 Å². The van der Waals surface area contributed by atoms with Gasteiger partial charge < -0.3 is 0 Å². The van der Waals surface area contributed by atoms with Gasteiger partial charge in [0.2, 0.25) is 10.0 Å². The summed E-state index contributed by atoms with van der Waals surface area (Å²) in [6.07, 6.45) is 0.822. The molecule has 0 heterocycles. The fourth-order valence-corrected chi connectivity index (χ4v) is 15.9. The third-order valence-electron chi connectivity index (χ3n) is 6.75. The fraction of sp³-hybridized carbons (Fsp3) is 0.846. The summed E-state index contributed by atoms with van der Waals surface area (Å²) in [5.41, 5.74) is 0. The molecule has 0 amide bonds. The Morgan fingerprint density at radius 3 is 1.09 bits per heavy atom. The number of nitrogens with zero attached hydrogens (tertiary/aromatic N) is 4. The molecule has 46 heavy (non-hydrogen) atoms. The van der Waals surface area contributed by atoms with Gasteiger partial charge in [0.05, 0.1) is 24.3 Å². The monoisotopic (exact) mass is 726 g/mol. The first kappa shape index (κ1) is 43.6. The zero-order chi connectivity index (χ0) is 35.2. The number of hydrogen-bond donors (Lipinski definition) is 4. The van der Waals surface area contributed by atoms with Crippen LogP contribution in [-0.2, 0) is 40.1 Å². The van der Waals surface area contributed by atoms with Gasteiger partial charge in [0.15, 0.2) is 0 Å². The molecular weight excluding hydrogens is 681 g/mol. The quantitative estimate of drug-likeness (QED) is 0.0838. The molecule has 20 heteroatoms. The van der Waals surface area contributed by atoms with Crippen molar-refractivity contribution < 1.29 is 33.7 Å². The second-order valence-corrected chi connectivity index (χ2v) is 18.9. The zero-order valence-corrected chi connectivity index (χ0v) is 29.5. The molecule has 1 unspecified atom stereocenters. The van der Waals surface area contributed by atoms with Crippen molar-refractivity contribution in [2.24, 2.45) is 0 Å². The van der Waals surface area contributed by atoms with Crippen LogP contribution in [0.2, 0.25) is 0 Å². The molecule has 262 valence electrons. The largest absolute Gasteiger partial charge is 0.330 e. The van der Waals surface area contributed by atoms with Crippen LogP contribution in [0.15, 0.2) is 0 Å². The summed E-state index contributed by atoms with van der Waals surface area (Å²) in [4.78, 5) is 0. The van der Waals surface area contributed by atoms with E-state index in [4.69, 9.17) is 21.0 Å². The lowest BCUT2D eigenvalue weighted by Crippen LogP contribution is -2.71. The molecular formula is C26H46N8O8S4. The first-order valence-electron chi connectivity index (χ1n) is 15.1. The van der Waals surface area contributed by atoms with Crippen molar-refractivity contribution in [2.75, 3.05) is 26.2 Å². The van der Waals surface area contributed by atoms with Gasteiger partial charge in [-0.3, -0.25) is 0 Å². The topological polar surface area (TPSA) is 280 Å². The Balaban J connectivity index is 7.50. The predicted molar refractivity (Wildman–Crippen MR) is 172 cm³/mol. The SMILES string of the molecule is CCCCC(C(S(=O)(=O)NCCCCC#N)(S(=O)(=O)NCCCCC#N)S(=O)(=O)NCCCCC#N)S(=O)(=O)NCCCCC#N. The lowest BCUT2D eigenvalue weighted by molar-refractivity contribution is 0.494. The van der Waals surface area contributed by atoms with Crippen molar-refractivity contribution in [2.45, 2.75) is 112 Å². The Morgan fingerprint density at radius 2 is 0.804 bits per heavy atom. The van der Waals surface area contributed by atoms with Crippen molar-refractivity contribution in [1.82, 2.24) is 18.9 Å². The van der Waals surface area contributed by atoms with Crippen LogP contribution in [-0.4, -0.2) is 68.5 Å². The molecule has 16 nitrogen and oxygen atoms in total. The van der Waals surface area contributed by atoms with Gasteiger partial charge in [-0.25, -0.2) is 52.6 Å². The summed E-state index contributed by atoms with van der Waals surface area (Å²) >= 11 is 0. The molecule has 0 saturated heterocycles. The Labute approximate surface area is 275 Å². The van der Waals surface area contributed by atoms with E-state index in [0.717, 1.165) is 0 Å². The van der Waals surface area contributed by atoms with E-state index in [0.29, 0.717) is 0 Å². The minimum absolute atomic E-state index is 0.0235. The summed E-state index contributed by atoms with van der Waals surface area (Å²) in [7, 11) is -21.9. The Hall–Kier alpha value is -2.40. The van der Waals surface area contributed by atoms with Crippen LogP contribution in [0.5, 0.6) is 0 Å². The van der Waals surface area contributed by atoms with Crippen LogP contribution >= 0.6 is 0 Å². The molecule has 0 spiro atoms. The van der Waals surface area contributed by atoms with Gasteiger partial charge >= 0.3 is 3.41 Å². The molecule has 4 N–H and O–H groups in total. The molecule has 0 aliphatic heterocycles. The number of nitriles is 4. The van der Waals surface area contributed by atoms with Gasteiger partial charge in [-0.1, -0.05) is 19.8 Å². The maximum absolute atomic E-state index is 14.3. The van der Waals surface area contributed by atoms with Crippen LogP contribution in [0, 0.1) is 45.3 Å². The molecule has 0 fully saturated rings. The molecule has 0 aromatic rings. The number of rotatable bonds is 28. The van der Waals surface area contributed by atoms with Gasteiger partial charge in [-0.05, 0) is 57.8 Å². The standard InChI is InChI=1S/C26H46N8O8S4/c1-2-3-16-25(43(35,36)31-21-12-4-8-17-27)26(44(37,38)32-22-13-5-9-18-28,45(39,40)33-23-14-6-10-19-29)46(41,42)34-24-15-7-11-20-30/h25,31-34H,2-16,21-24H2,1H3. The van der Waals surface area contributed by atoms with Crippen LogP contribution < -0.4 is 18.9 Å². The molecule has 0 bridgehead atoms. The summed E-state index contributed by atoms with van der Waals surface area (Å²) in [6.45, 7) is -0.129. The Morgan fingerprint density at radius 1 is 0.500 bits per heavy atom. The molecule has 0 aliphatic rings. The average Bonchev–Trinajstić information content (AvgIpc) is 2.98. The molecule has 0 radical (unpaired) electrons. The second-order valence-electron chi connectivity index (χ2n) is 10.3. The van der Waals surface area contributed by atoms with E-state index in [-0.39, 0.29) is 96.4 Å². The van der Waals surface area contributed by atoms with Crippen LogP contribution in [0.3, 0.4) is 0 Å². The minimum atomic E-state index is -5.63. The van der Waals surface area contributed by atoms with Crippen molar-refractivity contribution in [3.63, 3.8) is 0 Å². The van der Waals surface area contributed by atoms with Crippen molar-refractivity contribution >= 4 is 40.1 Å². The third kappa shape index (κ3) is 13.0. The number of unbranched alkanes of at least 4 members (excludes halogenated alkanes) is 9. The van der Waals surface area contributed by atoms with Crippen LogP contribution in [0.25, 0.3) is 0 Å². The highest BCUT2D eigenvalue weighted by Crippen LogP contribution is 2.39. The molecule has 1 atom stereocenters. The van der Waals surface area contributed by atoms with E-state index in [9.17, 15) is 33.7 Å². The maximum Gasteiger partial charge on any atom is 0.330 e. The van der Waals surface area contributed by atoms with E-state index in [2.05, 4.69) is 4.72 Å². The van der Waals surface area contributed by atoms with E-state index in [1.165, 1.54) is 0 Å². The molecule has 0 aromatic carbocycles. The van der Waals surface area contributed by atoms with Crippen molar-refractivity contribution in [3.05, 3.63) is 0 Å². The van der Waals surface area contributed by atoms with Crippen molar-refractivity contribution in [1.29, 1.82) is 21.0 Å². The number of hydrogen-bond acceptors (Lipinski definition) is 12. The zero-order valence-electron chi connectivity index (χ0n) is 26.2. The first-order chi connectivity index (χ1) is 21.7. The van der Waals surface area contributed by atoms with Crippen LogP contribution in [0.1, 0.15) is 103 Å². The van der Waals surface area contributed by atoms with Crippen molar-refractivity contribution in [3.8, 4) is 24.3 Å². The summed E-state index contributed by atoms with van der Waals surface area (Å²) < 4.78 is 118. The van der Waals surface area contributed by atoms with E-state index >= 15 is 0 Å². The second kappa shape index (κ2) is 22.2. The average molecular weight is 727 g/mol. The smallest absolute Gasteiger partial charge is 0.215 e. The normalized spacial score (nSPS) is 13.2. The highest BCUT2D eigenvalue weighted by atomic mass is 32.3. The minimum Gasteiger partial charge on any atom is -0.215 e. The number of sulfonamides is 4. The molecule has 0 rings (SSSR count).